The summed E-state index contributed by atoms with van der Waals surface area (Å²) in [6.45, 7) is 5.03. The van der Waals surface area contributed by atoms with Crippen molar-refractivity contribution < 1.29 is 9.53 Å². The summed E-state index contributed by atoms with van der Waals surface area (Å²) in [4.78, 5) is 20.2. The minimum Gasteiger partial charge on any atom is -0.375 e. The molecule has 0 aromatic heterocycles. The Hall–Kier alpha value is -2.61. The summed E-state index contributed by atoms with van der Waals surface area (Å²) in [5, 5.41) is 4.43. The van der Waals surface area contributed by atoms with Crippen molar-refractivity contribution in [1.29, 1.82) is 0 Å². The van der Waals surface area contributed by atoms with Gasteiger partial charge in [-0.2, -0.15) is 0 Å². The number of piperazine rings is 1. The summed E-state index contributed by atoms with van der Waals surface area (Å²) in [6, 6.07) is 23.6. The zero-order valence-electron chi connectivity index (χ0n) is 22.1. The Bertz CT molecular complexity index is 1180. The van der Waals surface area contributed by atoms with Crippen molar-refractivity contribution in [2.75, 3.05) is 51.8 Å². The summed E-state index contributed by atoms with van der Waals surface area (Å²) in [5.74, 6) is 0.0660. The number of ether oxygens (including phenoxy) is 1. The smallest absolute Gasteiger partial charge is 0.242 e. The summed E-state index contributed by atoms with van der Waals surface area (Å²) in [6.07, 6.45) is 0. The number of hydrogen-bond donors (Lipinski definition) is 1. The van der Waals surface area contributed by atoms with E-state index in [4.69, 9.17) is 27.9 Å². The number of rotatable bonds is 11. The van der Waals surface area contributed by atoms with Gasteiger partial charge < -0.3 is 19.4 Å². The number of nitrogens with one attached hydrogen (secondary N) is 1. The minimum absolute atomic E-state index is 0.0660. The molecule has 6 nitrogen and oxygen atoms in total. The molecule has 1 N–H and O–H groups in total. The monoisotopic (exact) mass is 554 g/mol. The van der Waals surface area contributed by atoms with Crippen molar-refractivity contribution in [3.63, 3.8) is 0 Å². The Balaban J connectivity index is 1.38. The number of benzene rings is 3. The van der Waals surface area contributed by atoms with E-state index in [1.165, 1.54) is 11.3 Å². The topological polar surface area (TPSA) is 48.0 Å². The summed E-state index contributed by atoms with van der Waals surface area (Å²) in [7, 11) is 4.17. The zero-order chi connectivity index (χ0) is 26.9. The Kier molecular flexibility index (Phi) is 10.4. The lowest BCUT2D eigenvalue weighted by Crippen LogP contribution is -2.55. The van der Waals surface area contributed by atoms with E-state index in [0.717, 1.165) is 30.8 Å². The number of anilines is 1. The molecule has 4 rings (SSSR count). The van der Waals surface area contributed by atoms with Crippen LogP contribution in [0.2, 0.25) is 10.0 Å². The van der Waals surface area contributed by atoms with Gasteiger partial charge in [-0.3, -0.25) is 10.1 Å². The van der Waals surface area contributed by atoms with Crippen LogP contribution >= 0.6 is 23.2 Å². The van der Waals surface area contributed by atoms with Crippen LogP contribution in [0.3, 0.4) is 0 Å². The molecule has 0 spiro atoms. The maximum Gasteiger partial charge on any atom is 0.242 e. The second kappa shape index (κ2) is 14.0. The van der Waals surface area contributed by atoms with Gasteiger partial charge in [0.2, 0.25) is 5.91 Å². The number of amides is 1. The van der Waals surface area contributed by atoms with E-state index < -0.39 is 6.04 Å². The molecule has 3 aromatic carbocycles. The minimum atomic E-state index is -0.453. The average Bonchev–Trinajstić information content (AvgIpc) is 2.93. The highest BCUT2D eigenvalue weighted by molar-refractivity contribution is 6.42. The molecular weight excluding hydrogens is 519 g/mol. The molecule has 1 fully saturated rings. The van der Waals surface area contributed by atoms with Gasteiger partial charge in [-0.05, 0) is 49.0 Å². The van der Waals surface area contributed by atoms with Gasteiger partial charge in [0.25, 0.3) is 0 Å². The first kappa shape index (κ1) is 28.4. The molecule has 1 heterocycles. The molecule has 1 atom stereocenters. The Morgan fingerprint density at radius 3 is 2.34 bits per heavy atom. The second-order valence-electron chi connectivity index (χ2n) is 9.86. The van der Waals surface area contributed by atoms with E-state index in [9.17, 15) is 4.79 Å². The van der Waals surface area contributed by atoms with Gasteiger partial charge in [-0.1, -0.05) is 77.8 Å². The van der Waals surface area contributed by atoms with Gasteiger partial charge in [-0.15, -0.1) is 0 Å². The SMILES string of the molecule is CN(C)Cc1ccccc1N1CCN(C(=O)[C@H](COCc2ccc(Cl)c(Cl)c2)NCc2ccccc2)CC1. The van der Waals surface area contributed by atoms with Crippen LogP contribution in [0.25, 0.3) is 0 Å². The first-order valence-corrected chi connectivity index (χ1v) is 13.7. The number of hydrogen-bond acceptors (Lipinski definition) is 5. The van der Waals surface area contributed by atoms with E-state index in [2.05, 4.69) is 65.6 Å². The largest absolute Gasteiger partial charge is 0.375 e. The fourth-order valence-electron chi connectivity index (χ4n) is 4.66. The van der Waals surface area contributed by atoms with Crippen molar-refractivity contribution in [1.82, 2.24) is 15.1 Å². The highest BCUT2D eigenvalue weighted by Crippen LogP contribution is 2.24. The standard InChI is InChI=1S/C30H36Cl2N4O2/c1-34(2)20-25-10-6-7-11-29(25)35-14-16-36(17-15-35)30(37)28(33-19-23-8-4-3-5-9-23)22-38-21-24-12-13-26(31)27(32)18-24/h3-13,18,28,33H,14-17,19-22H2,1-2H3/t28-/m0/s1. The Labute approximate surface area is 236 Å². The van der Waals surface area contributed by atoms with E-state index in [1.807, 2.05) is 29.2 Å². The van der Waals surface area contributed by atoms with E-state index in [0.29, 0.717) is 36.3 Å². The molecule has 0 bridgehead atoms. The fourth-order valence-corrected chi connectivity index (χ4v) is 4.98. The summed E-state index contributed by atoms with van der Waals surface area (Å²) in [5.41, 5.74) is 4.59. The van der Waals surface area contributed by atoms with Crippen LogP contribution in [0.4, 0.5) is 5.69 Å². The molecule has 0 unspecified atom stereocenters. The van der Waals surface area contributed by atoms with Crippen LogP contribution in [-0.2, 0) is 29.2 Å². The van der Waals surface area contributed by atoms with Crippen LogP contribution in [0.15, 0.2) is 72.8 Å². The predicted octanol–water partition coefficient (Wildman–Crippen LogP) is 5.08. The van der Waals surface area contributed by atoms with Crippen LogP contribution < -0.4 is 10.2 Å². The molecule has 0 radical (unpaired) electrons. The van der Waals surface area contributed by atoms with Gasteiger partial charge in [0.1, 0.15) is 6.04 Å². The number of halogens is 2. The lowest BCUT2D eigenvalue weighted by molar-refractivity contribution is -0.135. The molecule has 1 saturated heterocycles. The van der Waals surface area contributed by atoms with Crippen LogP contribution in [0.1, 0.15) is 16.7 Å². The molecular formula is C30H36Cl2N4O2. The summed E-state index contributed by atoms with van der Waals surface area (Å²) < 4.78 is 5.99. The zero-order valence-corrected chi connectivity index (χ0v) is 23.6. The van der Waals surface area contributed by atoms with Gasteiger partial charge in [0.15, 0.2) is 0 Å². The fraction of sp³-hybridized carbons (Fsp3) is 0.367. The second-order valence-corrected chi connectivity index (χ2v) is 10.7. The molecule has 1 aliphatic heterocycles. The quantitative estimate of drug-likeness (QED) is 0.358. The normalized spacial score (nSPS) is 14.7. The van der Waals surface area contributed by atoms with E-state index in [-0.39, 0.29) is 12.5 Å². The molecule has 8 heteroatoms. The Morgan fingerprint density at radius 1 is 0.921 bits per heavy atom. The molecule has 202 valence electrons. The maximum absolute atomic E-state index is 13.6. The molecule has 1 amide bonds. The lowest BCUT2D eigenvalue weighted by atomic mass is 10.1. The van der Waals surface area contributed by atoms with Gasteiger partial charge in [0.05, 0.1) is 23.3 Å². The average molecular weight is 556 g/mol. The lowest BCUT2D eigenvalue weighted by Gasteiger charge is -2.38. The number of para-hydroxylation sites is 1. The van der Waals surface area contributed by atoms with Crippen LogP contribution in [0, 0.1) is 0 Å². The first-order chi connectivity index (χ1) is 18.4. The van der Waals surface area contributed by atoms with Gasteiger partial charge in [-0.25, -0.2) is 0 Å². The molecule has 38 heavy (non-hydrogen) atoms. The van der Waals surface area contributed by atoms with Crippen molar-refractivity contribution in [3.05, 3.63) is 99.5 Å². The van der Waals surface area contributed by atoms with E-state index in [1.54, 1.807) is 12.1 Å². The predicted molar refractivity (Wildman–Crippen MR) is 156 cm³/mol. The number of carbonyl (C=O) groups excluding carboxylic acids is 1. The third-order valence-electron chi connectivity index (χ3n) is 6.64. The first-order valence-electron chi connectivity index (χ1n) is 13.0. The van der Waals surface area contributed by atoms with Crippen molar-refractivity contribution in [2.24, 2.45) is 0 Å². The number of carbonyl (C=O) groups is 1. The maximum atomic E-state index is 13.6. The summed E-state index contributed by atoms with van der Waals surface area (Å²) >= 11 is 12.2. The number of nitrogens with zero attached hydrogens (tertiary/aromatic N) is 3. The molecule has 1 aliphatic rings. The third-order valence-corrected chi connectivity index (χ3v) is 7.38. The molecule has 0 saturated carbocycles. The molecule has 3 aromatic rings. The van der Waals surface area contributed by atoms with E-state index >= 15 is 0 Å². The molecule has 0 aliphatic carbocycles. The highest BCUT2D eigenvalue weighted by atomic mass is 35.5. The van der Waals surface area contributed by atoms with Crippen molar-refractivity contribution in [2.45, 2.75) is 25.7 Å². The van der Waals surface area contributed by atoms with Gasteiger partial charge in [0, 0.05) is 45.0 Å². The van der Waals surface area contributed by atoms with Crippen LogP contribution in [-0.4, -0.2) is 68.6 Å². The van der Waals surface area contributed by atoms with Gasteiger partial charge >= 0.3 is 0 Å². The van der Waals surface area contributed by atoms with Crippen molar-refractivity contribution >= 4 is 34.8 Å². The van der Waals surface area contributed by atoms with Crippen molar-refractivity contribution in [3.8, 4) is 0 Å². The highest BCUT2D eigenvalue weighted by Gasteiger charge is 2.28. The third kappa shape index (κ3) is 7.95. The van der Waals surface area contributed by atoms with Crippen LogP contribution in [0.5, 0.6) is 0 Å². The Morgan fingerprint density at radius 2 is 1.63 bits per heavy atom.